The number of ether oxygens (including phenoxy) is 1. The van der Waals surface area contributed by atoms with Gasteiger partial charge < -0.3 is 10.5 Å². The van der Waals surface area contributed by atoms with Gasteiger partial charge in [0.15, 0.2) is 0 Å². The first-order chi connectivity index (χ1) is 8.38. The number of hydrogen-bond donors (Lipinski definition) is 1. The Morgan fingerprint density at radius 3 is 2.65 bits per heavy atom. The lowest BCUT2D eigenvalue weighted by Crippen LogP contribution is -2.04. The van der Waals surface area contributed by atoms with E-state index in [1.54, 1.807) is 6.20 Å². The highest BCUT2D eigenvalue weighted by Gasteiger charge is 1.97. The van der Waals surface area contributed by atoms with E-state index in [9.17, 15) is 0 Å². The van der Waals surface area contributed by atoms with Gasteiger partial charge in [0.2, 0.25) is 5.88 Å². The van der Waals surface area contributed by atoms with E-state index in [2.05, 4.69) is 17.1 Å². The molecule has 0 saturated heterocycles. The Balaban J connectivity index is 1.86. The van der Waals surface area contributed by atoms with Crippen LogP contribution < -0.4 is 10.5 Å². The molecule has 1 heterocycles. The SMILES string of the molecule is NCc1ccnc(OCCc2ccccc2)c1. The zero-order valence-corrected chi connectivity index (χ0v) is 9.67. The van der Waals surface area contributed by atoms with Gasteiger partial charge in [-0.1, -0.05) is 30.3 Å². The number of hydrogen-bond acceptors (Lipinski definition) is 3. The van der Waals surface area contributed by atoms with Gasteiger partial charge in [0, 0.05) is 25.2 Å². The second-order valence-electron chi connectivity index (χ2n) is 3.79. The highest BCUT2D eigenvalue weighted by molar-refractivity contribution is 5.20. The lowest BCUT2D eigenvalue weighted by Gasteiger charge is -2.06. The van der Waals surface area contributed by atoms with Gasteiger partial charge in [0.25, 0.3) is 0 Å². The van der Waals surface area contributed by atoms with Gasteiger partial charge in [-0.05, 0) is 17.2 Å². The molecule has 0 amide bonds. The van der Waals surface area contributed by atoms with Gasteiger partial charge in [0.1, 0.15) is 0 Å². The molecular formula is C14H16N2O. The zero-order chi connectivity index (χ0) is 11.9. The molecule has 88 valence electrons. The predicted octanol–water partition coefficient (Wildman–Crippen LogP) is 2.16. The molecule has 3 nitrogen and oxygen atoms in total. The van der Waals surface area contributed by atoms with Crippen molar-refractivity contribution in [1.82, 2.24) is 4.98 Å². The van der Waals surface area contributed by atoms with Gasteiger partial charge in [-0.25, -0.2) is 4.98 Å². The molecule has 2 N–H and O–H groups in total. The van der Waals surface area contributed by atoms with Crippen LogP contribution in [0.5, 0.6) is 5.88 Å². The number of nitrogens with zero attached hydrogens (tertiary/aromatic N) is 1. The molecule has 0 aliphatic heterocycles. The number of rotatable bonds is 5. The first-order valence-electron chi connectivity index (χ1n) is 5.70. The van der Waals surface area contributed by atoms with Crippen LogP contribution in [0.2, 0.25) is 0 Å². The Labute approximate surface area is 101 Å². The fourth-order valence-electron chi connectivity index (χ4n) is 1.57. The largest absolute Gasteiger partial charge is 0.477 e. The average molecular weight is 228 g/mol. The summed E-state index contributed by atoms with van der Waals surface area (Å²) in [6, 6.07) is 14.0. The second-order valence-corrected chi connectivity index (χ2v) is 3.79. The van der Waals surface area contributed by atoms with E-state index in [0.29, 0.717) is 19.0 Å². The average Bonchev–Trinajstić information content (AvgIpc) is 2.40. The molecule has 2 rings (SSSR count). The number of aromatic nitrogens is 1. The van der Waals surface area contributed by atoms with Crippen LogP contribution in [0.25, 0.3) is 0 Å². The van der Waals surface area contributed by atoms with E-state index in [1.807, 2.05) is 30.3 Å². The standard InChI is InChI=1S/C14H16N2O/c15-11-13-6-8-16-14(10-13)17-9-7-12-4-2-1-3-5-12/h1-6,8,10H,7,9,11,15H2. The monoisotopic (exact) mass is 228 g/mol. The van der Waals surface area contributed by atoms with Crippen molar-refractivity contribution in [3.63, 3.8) is 0 Å². The Bertz CT molecular complexity index is 457. The molecule has 3 heteroatoms. The maximum absolute atomic E-state index is 5.59. The Morgan fingerprint density at radius 1 is 1.06 bits per heavy atom. The van der Waals surface area contributed by atoms with E-state index in [0.717, 1.165) is 12.0 Å². The van der Waals surface area contributed by atoms with Crippen LogP contribution in [-0.2, 0) is 13.0 Å². The minimum atomic E-state index is 0.511. The van der Waals surface area contributed by atoms with Crippen molar-refractivity contribution in [1.29, 1.82) is 0 Å². The van der Waals surface area contributed by atoms with Crippen LogP contribution in [0.4, 0.5) is 0 Å². The molecule has 2 aromatic rings. The molecule has 0 atom stereocenters. The summed E-state index contributed by atoms with van der Waals surface area (Å²) in [5, 5.41) is 0. The third kappa shape index (κ3) is 3.57. The molecule has 0 unspecified atom stereocenters. The van der Waals surface area contributed by atoms with Gasteiger partial charge in [-0.15, -0.1) is 0 Å². The van der Waals surface area contributed by atoms with E-state index in [1.165, 1.54) is 5.56 Å². The first-order valence-corrected chi connectivity index (χ1v) is 5.70. The van der Waals surface area contributed by atoms with Crippen LogP contribution in [0, 0.1) is 0 Å². The van der Waals surface area contributed by atoms with Gasteiger partial charge in [-0.2, -0.15) is 0 Å². The van der Waals surface area contributed by atoms with E-state index in [4.69, 9.17) is 10.5 Å². The smallest absolute Gasteiger partial charge is 0.213 e. The van der Waals surface area contributed by atoms with Crippen molar-refractivity contribution in [3.8, 4) is 5.88 Å². The molecule has 0 aliphatic carbocycles. The zero-order valence-electron chi connectivity index (χ0n) is 9.67. The Hall–Kier alpha value is -1.87. The summed E-state index contributed by atoms with van der Waals surface area (Å²) in [6.07, 6.45) is 2.61. The van der Waals surface area contributed by atoms with Crippen molar-refractivity contribution in [3.05, 3.63) is 59.8 Å². The summed E-state index contributed by atoms with van der Waals surface area (Å²) in [7, 11) is 0. The van der Waals surface area contributed by atoms with Crippen molar-refractivity contribution < 1.29 is 4.74 Å². The normalized spacial score (nSPS) is 10.2. The lowest BCUT2D eigenvalue weighted by atomic mass is 10.2. The fourth-order valence-corrected chi connectivity index (χ4v) is 1.57. The van der Waals surface area contributed by atoms with Crippen LogP contribution in [0.1, 0.15) is 11.1 Å². The molecule has 0 aliphatic rings. The van der Waals surface area contributed by atoms with Crippen LogP contribution in [-0.4, -0.2) is 11.6 Å². The molecule has 0 saturated carbocycles. The quantitative estimate of drug-likeness (QED) is 0.853. The van der Waals surface area contributed by atoms with Gasteiger partial charge in [0.05, 0.1) is 6.61 Å². The first kappa shape index (κ1) is 11.6. The number of nitrogens with two attached hydrogens (primary N) is 1. The van der Waals surface area contributed by atoms with Crippen LogP contribution >= 0.6 is 0 Å². The van der Waals surface area contributed by atoms with Crippen molar-refractivity contribution >= 4 is 0 Å². The minimum Gasteiger partial charge on any atom is -0.477 e. The van der Waals surface area contributed by atoms with Crippen molar-refractivity contribution in [2.45, 2.75) is 13.0 Å². The third-order valence-corrected chi connectivity index (χ3v) is 2.52. The summed E-state index contributed by atoms with van der Waals surface area (Å²) < 4.78 is 5.59. The number of benzene rings is 1. The molecule has 1 aromatic heterocycles. The summed E-state index contributed by atoms with van der Waals surface area (Å²) in [6.45, 7) is 1.14. The second kappa shape index (κ2) is 6.01. The van der Waals surface area contributed by atoms with E-state index in [-0.39, 0.29) is 0 Å². The summed E-state index contributed by atoms with van der Waals surface area (Å²) in [5.41, 5.74) is 7.86. The van der Waals surface area contributed by atoms with Crippen molar-refractivity contribution in [2.75, 3.05) is 6.61 Å². The van der Waals surface area contributed by atoms with Crippen LogP contribution in [0.3, 0.4) is 0 Å². The summed E-state index contributed by atoms with van der Waals surface area (Å²) in [5.74, 6) is 0.642. The predicted molar refractivity (Wildman–Crippen MR) is 67.8 cm³/mol. The van der Waals surface area contributed by atoms with E-state index < -0.39 is 0 Å². The lowest BCUT2D eigenvalue weighted by molar-refractivity contribution is 0.309. The summed E-state index contributed by atoms with van der Waals surface area (Å²) in [4.78, 5) is 4.14. The fraction of sp³-hybridized carbons (Fsp3) is 0.214. The minimum absolute atomic E-state index is 0.511. The molecule has 17 heavy (non-hydrogen) atoms. The Morgan fingerprint density at radius 2 is 1.88 bits per heavy atom. The van der Waals surface area contributed by atoms with Gasteiger partial charge in [-0.3, -0.25) is 0 Å². The maximum atomic E-state index is 5.59. The topological polar surface area (TPSA) is 48.1 Å². The van der Waals surface area contributed by atoms with Crippen LogP contribution in [0.15, 0.2) is 48.7 Å². The molecule has 0 spiro atoms. The van der Waals surface area contributed by atoms with Crippen molar-refractivity contribution in [2.24, 2.45) is 5.73 Å². The highest BCUT2D eigenvalue weighted by Crippen LogP contribution is 2.09. The molecule has 1 aromatic carbocycles. The molecule has 0 radical (unpaired) electrons. The molecule has 0 fully saturated rings. The molecule has 0 bridgehead atoms. The summed E-state index contributed by atoms with van der Waals surface area (Å²) >= 11 is 0. The van der Waals surface area contributed by atoms with Gasteiger partial charge >= 0.3 is 0 Å². The number of pyridine rings is 1. The van der Waals surface area contributed by atoms with E-state index >= 15 is 0 Å². The maximum Gasteiger partial charge on any atom is 0.213 e. The Kier molecular flexibility index (Phi) is 4.11. The highest BCUT2D eigenvalue weighted by atomic mass is 16.5. The molecular weight excluding hydrogens is 212 g/mol. The third-order valence-electron chi connectivity index (χ3n) is 2.52.